The van der Waals surface area contributed by atoms with E-state index in [9.17, 15) is 14.9 Å². The van der Waals surface area contributed by atoms with E-state index in [0.717, 1.165) is 0 Å². The largest absolute Gasteiger partial charge is 0.294 e. The van der Waals surface area contributed by atoms with Gasteiger partial charge in [-0.25, -0.2) is 0 Å². The van der Waals surface area contributed by atoms with Crippen LogP contribution in [0.2, 0.25) is 0 Å². The summed E-state index contributed by atoms with van der Waals surface area (Å²) in [5, 5.41) is 10.6. The van der Waals surface area contributed by atoms with Crippen LogP contribution in [0.3, 0.4) is 0 Å². The molecule has 1 rings (SSSR count). The van der Waals surface area contributed by atoms with Crippen molar-refractivity contribution in [2.75, 3.05) is 0 Å². The number of rotatable bonds is 2. The maximum atomic E-state index is 11.1. The Morgan fingerprint density at radius 2 is 2.14 bits per heavy atom. The Hall–Kier alpha value is -0.500. The molecule has 0 aromatic heterocycles. The van der Waals surface area contributed by atoms with Crippen LogP contribution >= 0.6 is 38.5 Å². The maximum Gasteiger partial charge on any atom is 0.284 e. The molecule has 0 spiro atoms. The summed E-state index contributed by atoms with van der Waals surface area (Å²) in [6.45, 7) is 1.38. The quantitative estimate of drug-likeness (QED) is 0.348. The van der Waals surface area contributed by atoms with E-state index in [1.54, 1.807) is 6.07 Å². The van der Waals surface area contributed by atoms with Crippen molar-refractivity contribution >= 4 is 50.0 Å². The number of benzene rings is 1. The molecule has 14 heavy (non-hydrogen) atoms. The number of carbonyl (C=O) groups is 1. The number of carbonyl (C=O) groups excluding carboxylic acids is 1. The van der Waals surface area contributed by atoms with Gasteiger partial charge in [0.05, 0.1) is 9.40 Å². The predicted molar refractivity (Wildman–Crippen MR) is 63.5 cm³/mol. The number of hydrogen-bond donors (Lipinski definition) is 0. The third kappa shape index (κ3) is 2.30. The zero-order valence-electron chi connectivity index (χ0n) is 7.08. The lowest BCUT2D eigenvalue weighted by Crippen LogP contribution is -1.99. The first-order valence-corrected chi connectivity index (χ1v) is 5.45. The van der Waals surface area contributed by atoms with Crippen LogP contribution in [-0.2, 0) is 0 Å². The Kier molecular flexibility index (Phi) is 3.59. The molecule has 0 heterocycles. The second-order valence-electron chi connectivity index (χ2n) is 2.60. The molecule has 0 saturated carbocycles. The zero-order chi connectivity index (χ0) is 10.9. The monoisotopic (exact) mass is 369 g/mol. The number of halogens is 2. The first kappa shape index (κ1) is 11.6. The van der Waals surface area contributed by atoms with Crippen molar-refractivity contribution in [2.45, 2.75) is 6.92 Å². The van der Waals surface area contributed by atoms with Gasteiger partial charge in [-0.1, -0.05) is 0 Å². The third-order valence-electron chi connectivity index (χ3n) is 1.61. The van der Waals surface area contributed by atoms with E-state index >= 15 is 0 Å². The van der Waals surface area contributed by atoms with Crippen molar-refractivity contribution in [3.8, 4) is 0 Å². The first-order valence-electron chi connectivity index (χ1n) is 3.58. The lowest BCUT2D eigenvalue weighted by molar-refractivity contribution is -0.385. The molecule has 0 atom stereocenters. The predicted octanol–water partition coefficient (Wildman–Crippen LogP) is 3.16. The molecule has 0 saturated heterocycles. The van der Waals surface area contributed by atoms with Gasteiger partial charge in [0.25, 0.3) is 5.69 Å². The molecule has 4 nitrogen and oxygen atoms in total. The lowest BCUT2D eigenvalue weighted by Gasteiger charge is -2.01. The number of nitro groups is 1. The molecule has 0 unspecified atom stereocenters. The molecule has 0 aliphatic carbocycles. The van der Waals surface area contributed by atoms with E-state index in [4.69, 9.17) is 0 Å². The maximum absolute atomic E-state index is 11.1. The molecule has 6 heteroatoms. The average molecular weight is 370 g/mol. The molecule has 1 aromatic carbocycles. The minimum atomic E-state index is -0.521. The topological polar surface area (TPSA) is 60.2 Å². The Bertz CT molecular complexity index is 384. The van der Waals surface area contributed by atoms with Crippen LogP contribution < -0.4 is 0 Å². The van der Waals surface area contributed by atoms with Crippen LogP contribution in [0.4, 0.5) is 5.69 Å². The van der Waals surface area contributed by atoms with Crippen molar-refractivity contribution in [3.05, 3.63) is 35.9 Å². The Labute approximate surface area is 102 Å². The SMILES string of the molecule is CC(=O)c1cc([N+](=O)[O-])c(Br)cc1I. The number of nitro benzene ring substituents is 1. The number of nitrogens with zero attached hydrogens (tertiary/aromatic N) is 1. The second-order valence-corrected chi connectivity index (χ2v) is 4.61. The smallest absolute Gasteiger partial charge is 0.284 e. The van der Waals surface area contributed by atoms with Crippen LogP contribution in [0.5, 0.6) is 0 Å². The van der Waals surface area contributed by atoms with E-state index in [1.807, 2.05) is 22.6 Å². The fourth-order valence-electron chi connectivity index (χ4n) is 0.947. The molecular weight excluding hydrogens is 365 g/mol. The van der Waals surface area contributed by atoms with Gasteiger partial charge in [0.1, 0.15) is 0 Å². The Balaban J connectivity index is 3.42. The van der Waals surface area contributed by atoms with Crippen LogP contribution in [-0.4, -0.2) is 10.7 Å². The van der Waals surface area contributed by atoms with Crippen LogP contribution in [0.25, 0.3) is 0 Å². The molecule has 1 aromatic rings. The van der Waals surface area contributed by atoms with E-state index in [1.165, 1.54) is 13.0 Å². The van der Waals surface area contributed by atoms with Gasteiger partial charge in [0, 0.05) is 15.2 Å². The van der Waals surface area contributed by atoms with Crippen molar-refractivity contribution in [1.82, 2.24) is 0 Å². The summed E-state index contributed by atoms with van der Waals surface area (Å²) in [6.07, 6.45) is 0. The highest BCUT2D eigenvalue weighted by atomic mass is 127. The van der Waals surface area contributed by atoms with Crippen molar-refractivity contribution in [3.63, 3.8) is 0 Å². The lowest BCUT2D eigenvalue weighted by atomic mass is 10.1. The molecule has 0 fully saturated rings. The van der Waals surface area contributed by atoms with Gasteiger partial charge in [-0.05, 0) is 51.5 Å². The molecule has 74 valence electrons. The minimum absolute atomic E-state index is 0.0874. The summed E-state index contributed by atoms with van der Waals surface area (Å²) in [4.78, 5) is 21.2. The molecule has 0 N–H and O–H groups in total. The van der Waals surface area contributed by atoms with Crippen molar-refractivity contribution in [1.29, 1.82) is 0 Å². The van der Waals surface area contributed by atoms with Gasteiger partial charge < -0.3 is 0 Å². The molecular formula is C8H5BrINO3. The van der Waals surface area contributed by atoms with Crippen LogP contribution in [0.1, 0.15) is 17.3 Å². The van der Waals surface area contributed by atoms with E-state index in [2.05, 4.69) is 15.9 Å². The highest BCUT2D eigenvalue weighted by Crippen LogP contribution is 2.29. The van der Waals surface area contributed by atoms with Crippen molar-refractivity contribution in [2.24, 2.45) is 0 Å². The van der Waals surface area contributed by atoms with Gasteiger partial charge >= 0.3 is 0 Å². The standard InChI is InChI=1S/C8H5BrINO3/c1-4(12)5-2-8(11(13)14)6(9)3-7(5)10/h2-3H,1H3. The van der Waals surface area contributed by atoms with Gasteiger partial charge in [0.2, 0.25) is 0 Å². The summed E-state index contributed by atoms with van der Waals surface area (Å²) >= 11 is 5.04. The number of ketones is 1. The molecule has 0 bridgehead atoms. The van der Waals surface area contributed by atoms with Crippen LogP contribution in [0, 0.1) is 13.7 Å². The third-order valence-corrected chi connectivity index (χ3v) is 3.14. The summed E-state index contributed by atoms with van der Waals surface area (Å²) in [5.41, 5.74) is 0.288. The summed E-state index contributed by atoms with van der Waals surface area (Å²) in [7, 11) is 0. The highest BCUT2D eigenvalue weighted by Gasteiger charge is 2.17. The fourth-order valence-corrected chi connectivity index (χ4v) is 2.71. The average Bonchev–Trinajstić information content (AvgIpc) is 2.02. The van der Waals surface area contributed by atoms with E-state index < -0.39 is 4.92 Å². The second kappa shape index (κ2) is 4.35. The normalized spacial score (nSPS) is 9.93. The summed E-state index contributed by atoms with van der Waals surface area (Å²) < 4.78 is 1.09. The summed E-state index contributed by atoms with van der Waals surface area (Å²) in [6, 6.07) is 2.85. The Morgan fingerprint density at radius 3 is 2.57 bits per heavy atom. The molecule has 0 radical (unpaired) electrons. The molecule has 0 amide bonds. The molecule has 0 aliphatic rings. The van der Waals surface area contributed by atoms with Gasteiger partial charge in [-0.2, -0.15) is 0 Å². The zero-order valence-corrected chi connectivity index (χ0v) is 10.8. The Morgan fingerprint density at radius 1 is 1.57 bits per heavy atom. The van der Waals surface area contributed by atoms with Gasteiger partial charge in [-0.15, -0.1) is 0 Å². The fraction of sp³-hybridized carbons (Fsp3) is 0.125. The first-order chi connectivity index (χ1) is 6.43. The summed E-state index contributed by atoms with van der Waals surface area (Å²) in [5.74, 6) is -0.176. The van der Waals surface area contributed by atoms with Gasteiger partial charge in [-0.3, -0.25) is 14.9 Å². The highest BCUT2D eigenvalue weighted by molar-refractivity contribution is 14.1. The number of hydrogen-bond acceptors (Lipinski definition) is 3. The number of Topliss-reactive ketones (excluding diaryl/α,β-unsaturated/α-hetero) is 1. The molecule has 0 aliphatic heterocycles. The van der Waals surface area contributed by atoms with Gasteiger partial charge in [0.15, 0.2) is 5.78 Å². The van der Waals surface area contributed by atoms with Crippen molar-refractivity contribution < 1.29 is 9.72 Å². The van der Waals surface area contributed by atoms with Crippen LogP contribution in [0.15, 0.2) is 16.6 Å². The van der Waals surface area contributed by atoms with E-state index in [0.29, 0.717) is 13.6 Å². The van der Waals surface area contributed by atoms with E-state index in [-0.39, 0.29) is 11.5 Å². The minimum Gasteiger partial charge on any atom is -0.294 e.